The summed E-state index contributed by atoms with van der Waals surface area (Å²) in [5, 5.41) is 4.57. The Kier molecular flexibility index (Phi) is 5.14. The first-order valence-electron chi connectivity index (χ1n) is 10.1. The standard InChI is InChI=1S/C22H32N4/c1-24(2)15-17-7-9-18(10-8-17)21-6-4-5-13-26(21)16-20-14-23-25(3)22(20)19-11-12-19/h7-10,14,19,21H,4-6,11-13,15-16H2,1-3H3/t21-/m0/s1. The molecule has 140 valence electrons. The molecule has 2 aromatic rings. The molecular weight excluding hydrogens is 320 g/mol. The van der Waals surface area contributed by atoms with Crippen LogP contribution in [0, 0.1) is 0 Å². The summed E-state index contributed by atoms with van der Waals surface area (Å²) >= 11 is 0. The molecule has 1 aliphatic heterocycles. The van der Waals surface area contributed by atoms with Crippen LogP contribution < -0.4 is 0 Å². The third-order valence-corrected chi connectivity index (χ3v) is 5.88. The zero-order valence-corrected chi connectivity index (χ0v) is 16.5. The summed E-state index contributed by atoms with van der Waals surface area (Å²) in [4.78, 5) is 4.91. The van der Waals surface area contributed by atoms with Crippen LogP contribution in [-0.2, 0) is 20.1 Å². The van der Waals surface area contributed by atoms with Crippen molar-refractivity contribution in [1.29, 1.82) is 0 Å². The minimum Gasteiger partial charge on any atom is -0.305 e. The maximum absolute atomic E-state index is 4.57. The average molecular weight is 353 g/mol. The smallest absolute Gasteiger partial charge is 0.0537 e. The van der Waals surface area contributed by atoms with Gasteiger partial charge in [0, 0.05) is 43.4 Å². The fourth-order valence-corrected chi connectivity index (χ4v) is 4.48. The minimum absolute atomic E-state index is 0.546. The van der Waals surface area contributed by atoms with E-state index in [1.807, 2.05) is 0 Å². The van der Waals surface area contributed by atoms with Crippen molar-refractivity contribution in [2.45, 2.75) is 57.2 Å². The Morgan fingerprint density at radius 1 is 1.08 bits per heavy atom. The van der Waals surface area contributed by atoms with Crippen LogP contribution in [0.25, 0.3) is 0 Å². The van der Waals surface area contributed by atoms with E-state index in [0.29, 0.717) is 6.04 Å². The Bertz CT molecular complexity index is 727. The van der Waals surface area contributed by atoms with E-state index in [1.54, 1.807) is 0 Å². The lowest BCUT2D eigenvalue weighted by Crippen LogP contribution is -2.33. The van der Waals surface area contributed by atoms with Crippen LogP contribution in [0.5, 0.6) is 0 Å². The van der Waals surface area contributed by atoms with E-state index in [4.69, 9.17) is 0 Å². The first kappa shape index (κ1) is 17.7. The zero-order valence-electron chi connectivity index (χ0n) is 16.5. The Morgan fingerprint density at radius 2 is 1.85 bits per heavy atom. The summed E-state index contributed by atoms with van der Waals surface area (Å²) in [5.41, 5.74) is 5.80. The Labute approximate surface area is 157 Å². The predicted octanol–water partition coefficient (Wildman–Crippen LogP) is 4.09. The van der Waals surface area contributed by atoms with Gasteiger partial charge in [0.1, 0.15) is 0 Å². The molecule has 1 saturated heterocycles. The van der Waals surface area contributed by atoms with Crippen LogP contribution in [0.4, 0.5) is 0 Å². The van der Waals surface area contributed by atoms with Gasteiger partial charge in [0.15, 0.2) is 0 Å². The number of aryl methyl sites for hydroxylation is 1. The molecule has 0 radical (unpaired) electrons. The van der Waals surface area contributed by atoms with E-state index in [0.717, 1.165) is 19.0 Å². The number of piperidine rings is 1. The molecule has 4 rings (SSSR count). The summed E-state index contributed by atoms with van der Waals surface area (Å²) in [5.74, 6) is 0.756. The zero-order chi connectivity index (χ0) is 18.1. The second kappa shape index (κ2) is 7.53. The fourth-order valence-electron chi connectivity index (χ4n) is 4.48. The van der Waals surface area contributed by atoms with Gasteiger partial charge in [-0.3, -0.25) is 9.58 Å². The van der Waals surface area contributed by atoms with E-state index in [2.05, 4.69) is 71.2 Å². The molecule has 1 atom stereocenters. The van der Waals surface area contributed by atoms with Gasteiger partial charge in [-0.15, -0.1) is 0 Å². The molecule has 4 heteroatoms. The van der Waals surface area contributed by atoms with Crippen LogP contribution in [0.2, 0.25) is 0 Å². The van der Waals surface area contributed by atoms with Crippen molar-refractivity contribution in [3.63, 3.8) is 0 Å². The van der Waals surface area contributed by atoms with Crippen molar-refractivity contribution in [3.05, 3.63) is 52.8 Å². The minimum atomic E-state index is 0.546. The van der Waals surface area contributed by atoms with Crippen molar-refractivity contribution in [2.75, 3.05) is 20.6 Å². The third kappa shape index (κ3) is 3.86. The Hall–Kier alpha value is -1.65. The molecular formula is C22H32N4. The predicted molar refractivity (Wildman–Crippen MR) is 106 cm³/mol. The highest BCUT2D eigenvalue weighted by Crippen LogP contribution is 2.42. The van der Waals surface area contributed by atoms with E-state index < -0.39 is 0 Å². The third-order valence-electron chi connectivity index (χ3n) is 5.88. The fraction of sp³-hybridized carbons (Fsp3) is 0.591. The lowest BCUT2D eigenvalue weighted by Gasteiger charge is -2.36. The van der Waals surface area contributed by atoms with Gasteiger partial charge in [0.05, 0.1) is 6.20 Å². The first-order valence-corrected chi connectivity index (χ1v) is 10.1. The molecule has 0 unspecified atom stereocenters. The SMILES string of the molecule is CN(C)Cc1ccc([C@@H]2CCCCN2Cc2cnn(C)c2C2CC2)cc1. The topological polar surface area (TPSA) is 24.3 Å². The molecule has 0 N–H and O–H groups in total. The summed E-state index contributed by atoms with van der Waals surface area (Å²) < 4.78 is 2.11. The molecule has 0 bridgehead atoms. The van der Waals surface area contributed by atoms with Gasteiger partial charge < -0.3 is 4.90 Å². The number of hydrogen-bond donors (Lipinski definition) is 0. The summed E-state index contributed by atoms with van der Waals surface area (Å²) in [6.07, 6.45) is 8.70. The quantitative estimate of drug-likeness (QED) is 0.783. The number of likely N-dealkylation sites (tertiary alicyclic amines) is 1. The molecule has 4 nitrogen and oxygen atoms in total. The first-order chi connectivity index (χ1) is 12.6. The average Bonchev–Trinajstić information content (AvgIpc) is 3.39. The normalized spacial score (nSPS) is 21.5. The van der Waals surface area contributed by atoms with Crippen molar-refractivity contribution in [1.82, 2.24) is 19.6 Å². The molecule has 1 aromatic carbocycles. The molecule has 2 fully saturated rings. The van der Waals surface area contributed by atoms with Crippen molar-refractivity contribution < 1.29 is 0 Å². The molecule has 1 saturated carbocycles. The second-order valence-corrected chi connectivity index (χ2v) is 8.41. The Balaban J connectivity index is 1.51. The summed E-state index contributed by atoms with van der Waals surface area (Å²) in [7, 11) is 6.36. The number of aromatic nitrogens is 2. The maximum Gasteiger partial charge on any atom is 0.0537 e. The maximum atomic E-state index is 4.57. The van der Waals surface area contributed by atoms with E-state index >= 15 is 0 Å². The molecule has 0 amide bonds. The van der Waals surface area contributed by atoms with Gasteiger partial charge in [-0.2, -0.15) is 5.10 Å². The summed E-state index contributed by atoms with van der Waals surface area (Å²) in [6.45, 7) is 3.25. The lowest BCUT2D eigenvalue weighted by molar-refractivity contribution is 0.140. The molecule has 1 aliphatic carbocycles. The van der Waals surface area contributed by atoms with Crippen LogP contribution in [0.1, 0.15) is 66.4 Å². The van der Waals surface area contributed by atoms with Crippen LogP contribution in [0.15, 0.2) is 30.5 Å². The van der Waals surface area contributed by atoms with Crippen molar-refractivity contribution >= 4 is 0 Å². The van der Waals surface area contributed by atoms with Gasteiger partial charge in [-0.1, -0.05) is 30.7 Å². The van der Waals surface area contributed by atoms with Crippen LogP contribution >= 0.6 is 0 Å². The highest BCUT2D eigenvalue weighted by Gasteiger charge is 2.31. The largest absolute Gasteiger partial charge is 0.305 e. The van der Waals surface area contributed by atoms with Gasteiger partial charge in [-0.25, -0.2) is 0 Å². The number of nitrogens with zero attached hydrogens (tertiary/aromatic N) is 4. The van der Waals surface area contributed by atoms with Crippen LogP contribution in [-0.4, -0.2) is 40.2 Å². The van der Waals surface area contributed by atoms with Crippen molar-refractivity contribution in [2.24, 2.45) is 7.05 Å². The van der Waals surface area contributed by atoms with E-state index in [-0.39, 0.29) is 0 Å². The number of benzene rings is 1. The van der Waals surface area contributed by atoms with Crippen molar-refractivity contribution in [3.8, 4) is 0 Å². The molecule has 2 aliphatic rings. The van der Waals surface area contributed by atoms with E-state index in [1.165, 1.54) is 61.0 Å². The molecule has 2 heterocycles. The van der Waals surface area contributed by atoms with Gasteiger partial charge in [-0.05, 0) is 57.5 Å². The van der Waals surface area contributed by atoms with Gasteiger partial charge >= 0.3 is 0 Å². The molecule has 0 spiro atoms. The lowest BCUT2D eigenvalue weighted by atomic mass is 9.94. The van der Waals surface area contributed by atoms with Gasteiger partial charge in [0.2, 0.25) is 0 Å². The highest BCUT2D eigenvalue weighted by molar-refractivity contribution is 5.28. The second-order valence-electron chi connectivity index (χ2n) is 8.41. The van der Waals surface area contributed by atoms with E-state index in [9.17, 15) is 0 Å². The van der Waals surface area contributed by atoms with Gasteiger partial charge in [0.25, 0.3) is 0 Å². The monoisotopic (exact) mass is 352 g/mol. The molecule has 26 heavy (non-hydrogen) atoms. The van der Waals surface area contributed by atoms with Crippen LogP contribution in [0.3, 0.4) is 0 Å². The molecule has 1 aromatic heterocycles. The number of rotatable bonds is 6. The number of hydrogen-bond acceptors (Lipinski definition) is 3. The highest BCUT2D eigenvalue weighted by atomic mass is 15.3. The Morgan fingerprint density at radius 3 is 2.54 bits per heavy atom. The summed E-state index contributed by atoms with van der Waals surface area (Å²) in [6, 6.07) is 9.87.